The number of nitrogens with zero attached hydrogens (tertiary/aromatic N) is 2. The van der Waals surface area contributed by atoms with Crippen molar-refractivity contribution in [3.05, 3.63) is 65.5 Å². The molecule has 1 fully saturated rings. The largest absolute Gasteiger partial charge is 0.483 e. The van der Waals surface area contributed by atoms with Crippen LogP contribution in [-0.2, 0) is 16.1 Å². The zero-order valence-corrected chi connectivity index (χ0v) is 17.5. The molecule has 6 nitrogen and oxygen atoms in total. The summed E-state index contributed by atoms with van der Waals surface area (Å²) in [7, 11) is 1.30. The van der Waals surface area contributed by atoms with Gasteiger partial charge in [-0.3, -0.25) is 9.69 Å². The van der Waals surface area contributed by atoms with Crippen LogP contribution in [0.25, 0.3) is 0 Å². The zero-order valence-electron chi connectivity index (χ0n) is 17.5. The lowest BCUT2D eigenvalue weighted by molar-refractivity contribution is -0.139. The first-order valence-corrected chi connectivity index (χ1v) is 9.97. The number of hydrogen-bond donors (Lipinski definition) is 0. The van der Waals surface area contributed by atoms with Crippen LogP contribution in [0.2, 0.25) is 0 Å². The molecule has 0 aliphatic carbocycles. The molecule has 7 heteroatoms. The fourth-order valence-corrected chi connectivity index (χ4v) is 3.68. The highest BCUT2D eigenvalue weighted by atomic mass is 19.1. The lowest BCUT2D eigenvalue weighted by Crippen LogP contribution is -2.58. The lowest BCUT2D eigenvalue weighted by Gasteiger charge is -2.44. The Balaban J connectivity index is 1.59. The molecule has 1 aliphatic heterocycles. The number of benzene rings is 2. The Morgan fingerprint density at radius 3 is 2.43 bits per heavy atom. The van der Waals surface area contributed by atoms with Gasteiger partial charge >= 0.3 is 5.97 Å². The highest BCUT2D eigenvalue weighted by molar-refractivity contribution is 5.92. The number of methoxy groups -OCH3 is 1. The van der Waals surface area contributed by atoms with Crippen LogP contribution < -0.4 is 4.74 Å². The summed E-state index contributed by atoms with van der Waals surface area (Å²) in [4.78, 5) is 28.8. The van der Waals surface area contributed by atoms with Gasteiger partial charge in [-0.1, -0.05) is 24.3 Å². The second-order valence-electron chi connectivity index (χ2n) is 7.58. The van der Waals surface area contributed by atoms with Gasteiger partial charge in [0.2, 0.25) is 0 Å². The van der Waals surface area contributed by atoms with Gasteiger partial charge in [-0.2, -0.15) is 0 Å². The van der Waals surface area contributed by atoms with Crippen molar-refractivity contribution in [1.29, 1.82) is 0 Å². The maximum Gasteiger partial charge on any atom is 0.341 e. The van der Waals surface area contributed by atoms with Gasteiger partial charge in [0.05, 0.1) is 7.11 Å². The molecule has 1 aliphatic rings. The quantitative estimate of drug-likeness (QED) is 0.680. The van der Waals surface area contributed by atoms with Crippen LogP contribution in [0.15, 0.2) is 48.5 Å². The first kappa shape index (κ1) is 21.8. The average molecular weight is 414 g/mol. The van der Waals surface area contributed by atoms with Crippen molar-refractivity contribution < 1.29 is 23.5 Å². The summed E-state index contributed by atoms with van der Waals surface area (Å²) >= 11 is 0. The number of amides is 1. The van der Waals surface area contributed by atoms with Crippen LogP contribution in [0.3, 0.4) is 0 Å². The van der Waals surface area contributed by atoms with Crippen molar-refractivity contribution in [2.24, 2.45) is 0 Å². The van der Waals surface area contributed by atoms with Crippen molar-refractivity contribution in [3.63, 3.8) is 0 Å². The SMILES string of the molecule is COC(=O)c1ccccc1OCC(=O)N1CC(C)N(Cc2ccc(F)cc2)CC1C. The van der Waals surface area contributed by atoms with Gasteiger partial charge in [0, 0.05) is 31.7 Å². The van der Waals surface area contributed by atoms with E-state index in [1.807, 2.05) is 11.8 Å². The Kier molecular flexibility index (Phi) is 7.05. The van der Waals surface area contributed by atoms with Crippen molar-refractivity contribution in [1.82, 2.24) is 9.80 Å². The fourth-order valence-electron chi connectivity index (χ4n) is 3.68. The summed E-state index contributed by atoms with van der Waals surface area (Å²) in [5, 5.41) is 0. The number of esters is 1. The summed E-state index contributed by atoms with van der Waals surface area (Å²) in [6.45, 7) is 5.92. The molecule has 0 aromatic heterocycles. The molecule has 1 saturated heterocycles. The number of halogens is 1. The Hall–Kier alpha value is -2.93. The van der Waals surface area contributed by atoms with Crippen molar-refractivity contribution in [2.45, 2.75) is 32.5 Å². The third kappa shape index (κ3) is 5.16. The molecule has 0 bridgehead atoms. The van der Waals surface area contributed by atoms with E-state index in [0.717, 1.165) is 5.56 Å². The van der Waals surface area contributed by atoms with Crippen LogP contribution in [0.1, 0.15) is 29.8 Å². The molecule has 0 N–H and O–H groups in total. The summed E-state index contributed by atoms with van der Waals surface area (Å²) in [6, 6.07) is 13.4. The Morgan fingerprint density at radius 2 is 1.73 bits per heavy atom. The predicted octanol–water partition coefficient (Wildman–Crippen LogP) is 3.11. The molecule has 3 rings (SSSR count). The molecule has 1 heterocycles. The second kappa shape index (κ2) is 9.71. The standard InChI is InChI=1S/C23H27FN2O4/c1-16-13-26(17(2)12-25(16)14-18-8-10-19(24)11-9-18)22(27)15-30-21-7-5-4-6-20(21)23(28)29-3/h4-11,16-17H,12-15H2,1-3H3. The molecule has 0 radical (unpaired) electrons. The van der Waals surface area contributed by atoms with Crippen LogP contribution in [0.4, 0.5) is 4.39 Å². The topological polar surface area (TPSA) is 59.1 Å². The Labute approximate surface area is 176 Å². The van der Waals surface area contributed by atoms with E-state index in [2.05, 4.69) is 11.8 Å². The molecular weight excluding hydrogens is 387 g/mol. The molecule has 1 amide bonds. The average Bonchev–Trinajstić information content (AvgIpc) is 2.75. The van der Waals surface area contributed by atoms with Gasteiger partial charge < -0.3 is 14.4 Å². The number of para-hydroxylation sites is 1. The minimum absolute atomic E-state index is 0.00796. The van der Waals surface area contributed by atoms with Gasteiger partial charge in [0.1, 0.15) is 17.1 Å². The van der Waals surface area contributed by atoms with E-state index >= 15 is 0 Å². The molecule has 30 heavy (non-hydrogen) atoms. The number of carbonyl (C=O) groups is 2. The molecule has 0 spiro atoms. The van der Waals surface area contributed by atoms with E-state index in [1.54, 1.807) is 36.4 Å². The van der Waals surface area contributed by atoms with Crippen LogP contribution >= 0.6 is 0 Å². The molecule has 2 unspecified atom stereocenters. The van der Waals surface area contributed by atoms with Crippen LogP contribution in [0.5, 0.6) is 5.75 Å². The molecular formula is C23H27FN2O4. The van der Waals surface area contributed by atoms with E-state index in [-0.39, 0.29) is 30.4 Å². The third-order valence-electron chi connectivity index (χ3n) is 5.38. The number of carbonyl (C=O) groups excluding carboxylic acids is 2. The number of rotatable bonds is 6. The normalized spacial score (nSPS) is 19.4. The minimum Gasteiger partial charge on any atom is -0.483 e. The minimum atomic E-state index is -0.505. The first-order chi connectivity index (χ1) is 14.4. The van der Waals surface area contributed by atoms with Gasteiger partial charge in [-0.05, 0) is 43.7 Å². The first-order valence-electron chi connectivity index (χ1n) is 9.97. The van der Waals surface area contributed by atoms with Gasteiger partial charge in [0.25, 0.3) is 5.91 Å². The fraction of sp³-hybridized carbons (Fsp3) is 0.391. The van der Waals surface area contributed by atoms with E-state index in [4.69, 9.17) is 9.47 Å². The molecule has 2 aromatic carbocycles. The Bertz CT molecular complexity index is 887. The van der Waals surface area contributed by atoms with Gasteiger partial charge in [-0.25, -0.2) is 9.18 Å². The molecule has 2 atom stereocenters. The van der Waals surface area contributed by atoms with E-state index in [9.17, 15) is 14.0 Å². The summed E-state index contributed by atoms with van der Waals surface area (Å²) in [5.41, 5.74) is 1.33. The smallest absolute Gasteiger partial charge is 0.341 e. The van der Waals surface area contributed by atoms with Crippen molar-refractivity contribution in [2.75, 3.05) is 26.8 Å². The number of piperazine rings is 1. The summed E-state index contributed by atoms with van der Waals surface area (Å²) in [6.07, 6.45) is 0. The van der Waals surface area contributed by atoms with E-state index < -0.39 is 5.97 Å². The number of hydrogen-bond acceptors (Lipinski definition) is 5. The third-order valence-corrected chi connectivity index (χ3v) is 5.38. The predicted molar refractivity (Wildman–Crippen MR) is 111 cm³/mol. The van der Waals surface area contributed by atoms with Crippen molar-refractivity contribution in [3.8, 4) is 5.75 Å². The monoisotopic (exact) mass is 414 g/mol. The second-order valence-corrected chi connectivity index (χ2v) is 7.58. The highest BCUT2D eigenvalue weighted by Gasteiger charge is 2.32. The lowest BCUT2D eigenvalue weighted by atomic mass is 10.1. The van der Waals surface area contributed by atoms with Gasteiger partial charge in [0.15, 0.2) is 6.61 Å². The zero-order chi connectivity index (χ0) is 21.7. The molecule has 160 valence electrons. The van der Waals surface area contributed by atoms with Crippen molar-refractivity contribution >= 4 is 11.9 Å². The highest BCUT2D eigenvalue weighted by Crippen LogP contribution is 2.21. The molecule has 0 saturated carbocycles. The molecule has 2 aromatic rings. The van der Waals surface area contributed by atoms with Gasteiger partial charge in [-0.15, -0.1) is 0 Å². The Morgan fingerprint density at radius 1 is 1.03 bits per heavy atom. The van der Waals surface area contributed by atoms with Crippen LogP contribution in [0, 0.1) is 5.82 Å². The van der Waals surface area contributed by atoms with Crippen LogP contribution in [-0.4, -0.2) is 60.6 Å². The number of ether oxygens (including phenoxy) is 2. The van der Waals surface area contributed by atoms with E-state index in [1.165, 1.54) is 19.2 Å². The summed E-state index contributed by atoms with van der Waals surface area (Å²) in [5.74, 6) is -0.553. The van der Waals surface area contributed by atoms with E-state index in [0.29, 0.717) is 30.9 Å². The maximum atomic E-state index is 13.1. The maximum absolute atomic E-state index is 13.1. The summed E-state index contributed by atoms with van der Waals surface area (Å²) < 4.78 is 23.5.